The lowest BCUT2D eigenvalue weighted by Gasteiger charge is -2.13. The minimum absolute atomic E-state index is 1.17. The van der Waals surface area contributed by atoms with E-state index >= 15 is 0 Å². The first kappa shape index (κ1) is 32.3. The van der Waals surface area contributed by atoms with Crippen LogP contribution < -0.4 is 0 Å². The van der Waals surface area contributed by atoms with E-state index in [0.29, 0.717) is 0 Å². The Kier molecular flexibility index (Phi) is 8.21. The molecule has 2 heteroatoms. The van der Waals surface area contributed by atoms with Crippen molar-refractivity contribution in [2.24, 2.45) is 0 Å². The van der Waals surface area contributed by atoms with E-state index in [-0.39, 0.29) is 0 Å². The fraction of sp³-hybridized carbons (Fsp3) is 0.0588. The Morgan fingerprint density at radius 3 is 1.11 bits per heavy atom. The van der Waals surface area contributed by atoms with Crippen molar-refractivity contribution >= 4 is 43.6 Å². The number of aromatic nitrogens is 2. The van der Waals surface area contributed by atoms with Crippen molar-refractivity contribution in [3.8, 4) is 33.6 Å². The van der Waals surface area contributed by atoms with Crippen LogP contribution in [0.3, 0.4) is 0 Å². The van der Waals surface area contributed by atoms with Crippen LogP contribution in [-0.2, 0) is 0 Å². The monoisotopic (exact) mass is 680 g/mol. The Labute approximate surface area is 310 Å². The maximum absolute atomic E-state index is 2.40. The van der Waals surface area contributed by atoms with Gasteiger partial charge in [0.2, 0.25) is 0 Å². The van der Waals surface area contributed by atoms with E-state index in [4.69, 9.17) is 0 Å². The van der Waals surface area contributed by atoms with Gasteiger partial charge >= 0.3 is 0 Å². The van der Waals surface area contributed by atoms with Gasteiger partial charge in [-0.3, -0.25) is 0 Å². The maximum atomic E-state index is 2.40. The second kappa shape index (κ2) is 13.5. The summed E-state index contributed by atoms with van der Waals surface area (Å²) >= 11 is 0. The third-order valence-corrected chi connectivity index (χ3v) is 10.5. The predicted octanol–water partition coefficient (Wildman–Crippen LogP) is 13.8. The summed E-state index contributed by atoms with van der Waals surface area (Å²) in [5.41, 5.74) is 16.3. The van der Waals surface area contributed by atoms with Gasteiger partial charge in [-0.1, -0.05) is 140 Å². The van der Waals surface area contributed by atoms with Crippen molar-refractivity contribution in [2.45, 2.75) is 20.8 Å². The Morgan fingerprint density at radius 1 is 0.302 bits per heavy atom. The highest BCUT2D eigenvalue weighted by atomic mass is 15.0. The average Bonchev–Trinajstić information content (AvgIpc) is 3.72. The lowest BCUT2D eigenvalue weighted by atomic mass is 9.97. The standard InChI is InChI=1S/C37H26N2.C14H14/c1-25-22-27(24-29(23-25)39-36-16-8-4-12-32(36)33-13-5-9-17-37(33)39)26-18-20-28(21-19-26)38-34-14-6-2-10-30(34)31-11-3-7-15-35(31)38;1-11-7-3-5-9-13(11)14-10-6-4-8-12(14)2/h2-24H,1H3;3-10H,1-2H3. The molecule has 53 heavy (non-hydrogen) atoms. The summed E-state index contributed by atoms with van der Waals surface area (Å²) in [5.74, 6) is 0. The highest BCUT2D eigenvalue weighted by molar-refractivity contribution is 6.10. The predicted molar refractivity (Wildman–Crippen MR) is 227 cm³/mol. The van der Waals surface area contributed by atoms with Gasteiger partial charge in [-0.05, 0) is 108 Å². The Balaban J connectivity index is 0.000000224. The van der Waals surface area contributed by atoms with Gasteiger partial charge in [0.25, 0.3) is 0 Å². The largest absolute Gasteiger partial charge is 0.309 e. The molecule has 0 radical (unpaired) electrons. The molecule has 0 aliphatic carbocycles. The summed E-state index contributed by atoms with van der Waals surface area (Å²) in [6, 6.07) is 67.6. The Hall–Kier alpha value is -6.64. The molecule has 0 aliphatic heterocycles. The lowest BCUT2D eigenvalue weighted by molar-refractivity contribution is 1.17. The molecule has 2 nitrogen and oxygen atoms in total. The molecule has 0 fully saturated rings. The Morgan fingerprint density at radius 2 is 0.679 bits per heavy atom. The normalized spacial score (nSPS) is 11.3. The molecular formula is C51H40N2. The van der Waals surface area contributed by atoms with Crippen molar-refractivity contribution in [1.82, 2.24) is 9.13 Å². The number of hydrogen-bond donors (Lipinski definition) is 0. The summed E-state index contributed by atoms with van der Waals surface area (Å²) < 4.78 is 4.77. The molecule has 10 aromatic rings. The summed E-state index contributed by atoms with van der Waals surface area (Å²) in [4.78, 5) is 0. The minimum Gasteiger partial charge on any atom is -0.309 e. The fourth-order valence-electron chi connectivity index (χ4n) is 8.01. The van der Waals surface area contributed by atoms with Crippen LogP contribution in [0.5, 0.6) is 0 Å². The van der Waals surface area contributed by atoms with Crippen LogP contribution in [0.1, 0.15) is 16.7 Å². The number of benzene rings is 8. The number of para-hydroxylation sites is 4. The molecule has 0 bridgehead atoms. The first-order chi connectivity index (χ1) is 26.0. The maximum Gasteiger partial charge on any atom is 0.0541 e. The second-order valence-electron chi connectivity index (χ2n) is 14.0. The molecule has 2 aromatic heterocycles. The smallest absolute Gasteiger partial charge is 0.0541 e. The van der Waals surface area contributed by atoms with Gasteiger partial charge in [0.1, 0.15) is 0 Å². The Bertz CT molecular complexity index is 2770. The lowest BCUT2D eigenvalue weighted by Crippen LogP contribution is -1.96. The molecule has 8 aromatic carbocycles. The molecule has 0 saturated heterocycles. The van der Waals surface area contributed by atoms with E-state index < -0.39 is 0 Å². The molecule has 0 saturated carbocycles. The van der Waals surface area contributed by atoms with Crippen LogP contribution in [0.25, 0.3) is 77.2 Å². The van der Waals surface area contributed by atoms with Crippen LogP contribution in [0.15, 0.2) is 188 Å². The first-order valence-electron chi connectivity index (χ1n) is 18.4. The van der Waals surface area contributed by atoms with Gasteiger partial charge in [0.15, 0.2) is 0 Å². The van der Waals surface area contributed by atoms with Gasteiger partial charge in [-0.25, -0.2) is 0 Å². The van der Waals surface area contributed by atoms with Crippen molar-refractivity contribution < 1.29 is 0 Å². The zero-order valence-electron chi connectivity index (χ0n) is 30.3. The molecule has 0 atom stereocenters. The van der Waals surface area contributed by atoms with Gasteiger partial charge in [0.05, 0.1) is 22.1 Å². The highest BCUT2D eigenvalue weighted by Gasteiger charge is 2.14. The van der Waals surface area contributed by atoms with E-state index in [1.165, 1.54) is 93.9 Å². The summed E-state index contributed by atoms with van der Waals surface area (Å²) in [5, 5.41) is 5.14. The van der Waals surface area contributed by atoms with Crippen LogP contribution >= 0.6 is 0 Å². The number of aryl methyl sites for hydroxylation is 3. The van der Waals surface area contributed by atoms with Crippen molar-refractivity contribution in [2.75, 3.05) is 0 Å². The number of rotatable bonds is 4. The number of fused-ring (bicyclic) bond motifs is 6. The van der Waals surface area contributed by atoms with Gasteiger partial charge < -0.3 is 9.13 Å². The van der Waals surface area contributed by atoms with E-state index in [0.717, 1.165) is 0 Å². The molecule has 0 amide bonds. The molecule has 0 aliphatic rings. The number of hydrogen-bond acceptors (Lipinski definition) is 0. The van der Waals surface area contributed by atoms with Crippen molar-refractivity contribution in [1.29, 1.82) is 0 Å². The quantitative estimate of drug-likeness (QED) is 0.175. The molecule has 254 valence electrons. The topological polar surface area (TPSA) is 9.86 Å². The molecule has 0 spiro atoms. The summed E-state index contributed by atoms with van der Waals surface area (Å²) in [6.45, 7) is 6.50. The minimum atomic E-state index is 1.17. The van der Waals surface area contributed by atoms with Crippen molar-refractivity contribution in [3.63, 3.8) is 0 Å². The SMILES string of the molecule is Cc1cc(-c2ccc(-n3c4ccccc4c4ccccc43)cc2)cc(-n2c3ccccc3c3ccccc32)c1.Cc1ccccc1-c1ccccc1C. The zero-order valence-corrected chi connectivity index (χ0v) is 30.3. The third kappa shape index (κ3) is 5.79. The highest BCUT2D eigenvalue weighted by Crippen LogP contribution is 2.36. The second-order valence-corrected chi connectivity index (χ2v) is 14.0. The molecule has 0 N–H and O–H groups in total. The van der Waals surface area contributed by atoms with Crippen LogP contribution in [0, 0.1) is 20.8 Å². The van der Waals surface area contributed by atoms with Crippen LogP contribution in [0.4, 0.5) is 0 Å². The van der Waals surface area contributed by atoms with E-state index in [1.54, 1.807) is 0 Å². The van der Waals surface area contributed by atoms with Crippen LogP contribution in [-0.4, -0.2) is 9.13 Å². The number of nitrogens with zero attached hydrogens (tertiary/aromatic N) is 2. The van der Waals surface area contributed by atoms with Crippen molar-refractivity contribution in [3.05, 3.63) is 205 Å². The summed E-state index contributed by atoms with van der Waals surface area (Å²) in [6.07, 6.45) is 0. The van der Waals surface area contributed by atoms with E-state index in [1.807, 2.05) is 0 Å². The van der Waals surface area contributed by atoms with Gasteiger partial charge in [-0.2, -0.15) is 0 Å². The van der Waals surface area contributed by atoms with E-state index in [2.05, 4.69) is 218 Å². The van der Waals surface area contributed by atoms with Gasteiger partial charge in [-0.15, -0.1) is 0 Å². The summed E-state index contributed by atoms with van der Waals surface area (Å²) in [7, 11) is 0. The molecule has 0 unspecified atom stereocenters. The third-order valence-electron chi connectivity index (χ3n) is 10.5. The zero-order chi connectivity index (χ0) is 35.9. The molecular weight excluding hydrogens is 641 g/mol. The fourth-order valence-corrected chi connectivity index (χ4v) is 8.01. The van der Waals surface area contributed by atoms with Gasteiger partial charge in [0, 0.05) is 32.9 Å². The molecule has 2 heterocycles. The first-order valence-corrected chi connectivity index (χ1v) is 18.4. The van der Waals surface area contributed by atoms with Crippen LogP contribution in [0.2, 0.25) is 0 Å². The van der Waals surface area contributed by atoms with E-state index in [9.17, 15) is 0 Å². The average molecular weight is 681 g/mol. The molecule has 10 rings (SSSR count).